The van der Waals surface area contributed by atoms with Gasteiger partial charge < -0.3 is 10.1 Å². The van der Waals surface area contributed by atoms with Crippen molar-refractivity contribution in [2.75, 3.05) is 38.1 Å². The van der Waals surface area contributed by atoms with E-state index < -0.39 is 32.5 Å². The van der Waals surface area contributed by atoms with Crippen LogP contribution in [-0.2, 0) is 24.8 Å². The maximum atomic E-state index is 13.6. The number of sulfonamides is 2. The van der Waals surface area contributed by atoms with Crippen LogP contribution in [0.1, 0.15) is 16.7 Å². The molecule has 0 aliphatic heterocycles. The molecular weight excluding hydrogens is 526 g/mol. The lowest BCUT2D eigenvalue weighted by Gasteiger charge is -2.26. The van der Waals surface area contributed by atoms with Gasteiger partial charge in [0.2, 0.25) is 15.9 Å². The Bertz CT molecular complexity index is 1480. The average molecular weight is 560 g/mol. The van der Waals surface area contributed by atoms with E-state index in [-0.39, 0.29) is 22.9 Å². The standard InChI is InChI=1S/C27H33N3O6S2/c1-20-9-13-25(14-10-20)38(34,35)30(26-8-6-7-21(2)22(26)3)19-27(31)28-17-18-36-23-11-15-24(16-12-23)37(32,33)29(4)5/h6-16H,17-19H2,1-5H3,(H,28,31). The van der Waals surface area contributed by atoms with Crippen molar-refractivity contribution >= 4 is 31.6 Å². The number of nitrogens with zero attached hydrogens (tertiary/aromatic N) is 2. The molecule has 0 atom stereocenters. The number of anilines is 1. The summed E-state index contributed by atoms with van der Waals surface area (Å²) in [6.45, 7) is 5.41. The van der Waals surface area contributed by atoms with Crippen LogP contribution in [-0.4, -0.2) is 60.8 Å². The molecule has 0 bridgehead atoms. The lowest BCUT2D eigenvalue weighted by Crippen LogP contribution is -2.42. The molecule has 3 aromatic carbocycles. The quantitative estimate of drug-likeness (QED) is 0.361. The molecule has 3 rings (SSSR count). The van der Waals surface area contributed by atoms with E-state index in [4.69, 9.17) is 4.74 Å². The van der Waals surface area contributed by atoms with E-state index in [2.05, 4.69) is 5.32 Å². The predicted octanol–water partition coefficient (Wildman–Crippen LogP) is 3.25. The van der Waals surface area contributed by atoms with Crippen LogP contribution < -0.4 is 14.4 Å². The molecular formula is C27H33N3O6S2. The summed E-state index contributed by atoms with van der Waals surface area (Å²) >= 11 is 0. The van der Waals surface area contributed by atoms with Crippen molar-refractivity contribution < 1.29 is 26.4 Å². The fourth-order valence-electron chi connectivity index (χ4n) is 3.61. The van der Waals surface area contributed by atoms with Crippen molar-refractivity contribution in [1.29, 1.82) is 0 Å². The zero-order valence-electron chi connectivity index (χ0n) is 22.1. The third-order valence-electron chi connectivity index (χ3n) is 6.04. The molecule has 3 aromatic rings. The zero-order chi connectivity index (χ0) is 28.1. The Labute approximate surface area is 225 Å². The smallest absolute Gasteiger partial charge is 0.264 e. The van der Waals surface area contributed by atoms with Crippen LogP contribution >= 0.6 is 0 Å². The Morgan fingerprint density at radius 1 is 0.816 bits per heavy atom. The molecule has 38 heavy (non-hydrogen) atoms. The highest BCUT2D eigenvalue weighted by Crippen LogP contribution is 2.28. The van der Waals surface area contributed by atoms with Crippen molar-refractivity contribution in [3.8, 4) is 5.75 Å². The summed E-state index contributed by atoms with van der Waals surface area (Å²) in [6, 6.07) is 17.8. The number of carbonyl (C=O) groups excluding carboxylic acids is 1. The molecule has 1 N–H and O–H groups in total. The molecule has 0 spiro atoms. The molecule has 0 unspecified atom stereocenters. The lowest BCUT2D eigenvalue weighted by molar-refractivity contribution is -0.119. The first-order valence-electron chi connectivity index (χ1n) is 11.9. The second-order valence-corrected chi connectivity index (χ2v) is 13.0. The van der Waals surface area contributed by atoms with E-state index in [0.717, 1.165) is 25.3 Å². The van der Waals surface area contributed by atoms with Gasteiger partial charge in [-0.2, -0.15) is 0 Å². The van der Waals surface area contributed by atoms with Crippen molar-refractivity contribution in [2.24, 2.45) is 0 Å². The number of nitrogens with one attached hydrogen (secondary N) is 1. The Balaban J connectivity index is 1.68. The number of benzene rings is 3. The van der Waals surface area contributed by atoms with Crippen LogP contribution in [0.2, 0.25) is 0 Å². The minimum absolute atomic E-state index is 0.0971. The minimum Gasteiger partial charge on any atom is -0.492 e. The third kappa shape index (κ3) is 6.72. The van der Waals surface area contributed by atoms with E-state index in [1.165, 1.54) is 50.5 Å². The van der Waals surface area contributed by atoms with Gasteiger partial charge in [0.1, 0.15) is 18.9 Å². The highest BCUT2D eigenvalue weighted by atomic mass is 32.2. The molecule has 0 aromatic heterocycles. The molecule has 9 nitrogen and oxygen atoms in total. The van der Waals surface area contributed by atoms with Crippen molar-refractivity contribution in [2.45, 2.75) is 30.6 Å². The van der Waals surface area contributed by atoms with Gasteiger partial charge in [0.05, 0.1) is 22.0 Å². The Morgan fingerprint density at radius 3 is 2.00 bits per heavy atom. The van der Waals surface area contributed by atoms with Crippen molar-refractivity contribution in [3.63, 3.8) is 0 Å². The van der Waals surface area contributed by atoms with Gasteiger partial charge in [0, 0.05) is 14.1 Å². The molecule has 204 valence electrons. The summed E-state index contributed by atoms with van der Waals surface area (Å²) in [5, 5.41) is 2.70. The number of aryl methyl sites for hydroxylation is 2. The SMILES string of the molecule is Cc1ccc(S(=O)(=O)N(CC(=O)NCCOc2ccc(S(=O)(=O)N(C)C)cc2)c2cccc(C)c2C)cc1. The number of hydrogen-bond acceptors (Lipinski definition) is 6. The fourth-order valence-corrected chi connectivity index (χ4v) is 5.99. The molecule has 0 heterocycles. The highest BCUT2D eigenvalue weighted by Gasteiger charge is 2.28. The highest BCUT2D eigenvalue weighted by molar-refractivity contribution is 7.92. The molecule has 0 saturated carbocycles. The van der Waals surface area contributed by atoms with E-state index >= 15 is 0 Å². The van der Waals surface area contributed by atoms with Gasteiger partial charge in [-0.15, -0.1) is 0 Å². The van der Waals surface area contributed by atoms with Crippen LogP contribution in [0.25, 0.3) is 0 Å². The summed E-state index contributed by atoms with van der Waals surface area (Å²) in [5.41, 5.74) is 3.03. The largest absolute Gasteiger partial charge is 0.492 e. The molecule has 0 fully saturated rings. The number of amides is 1. The van der Waals surface area contributed by atoms with Gasteiger partial charge >= 0.3 is 0 Å². The van der Waals surface area contributed by atoms with Gasteiger partial charge in [0.25, 0.3) is 10.0 Å². The Morgan fingerprint density at radius 2 is 1.39 bits per heavy atom. The molecule has 11 heteroatoms. The molecule has 0 aliphatic carbocycles. The first-order valence-corrected chi connectivity index (χ1v) is 14.8. The Hall–Kier alpha value is -3.41. The molecule has 0 radical (unpaired) electrons. The fraction of sp³-hybridized carbons (Fsp3) is 0.296. The second-order valence-electron chi connectivity index (χ2n) is 9.00. The zero-order valence-corrected chi connectivity index (χ0v) is 23.8. The summed E-state index contributed by atoms with van der Waals surface area (Å²) in [4.78, 5) is 13.1. The first-order chi connectivity index (χ1) is 17.8. The number of carbonyl (C=O) groups is 1. The van der Waals surface area contributed by atoms with Crippen LogP contribution in [0.5, 0.6) is 5.75 Å². The van der Waals surface area contributed by atoms with Crippen LogP contribution in [0, 0.1) is 20.8 Å². The monoisotopic (exact) mass is 559 g/mol. The van der Waals surface area contributed by atoms with Gasteiger partial charge in [-0.1, -0.05) is 29.8 Å². The van der Waals surface area contributed by atoms with E-state index in [1.807, 2.05) is 26.8 Å². The number of ether oxygens (including phenoxy) is 1. The van der Waals surface area contributed by atoms with Gasteiger partial charge in [-0.3, -0.25) is 9.10 Å². The Kier molecular flexibility index (Phi) is 9.18. The summed E-state index contributed by atoms with van der Waals surface area (Å²) in [5.74, 6) is -0.0477. The number of hydrogen-bond donors (Lipinski definition) is 1. The van der Waals surface area contributed by atoms with Gasteiger partial charge in [-0.05, 0) is 74.4 Å². The van der Waals surface area contributed by atoms with E-state index in [1.54, 1.807) is 24.3 Å². The average Bonchev–Trinajstić information content (AvgIpc) is 2.87. The second kappa shape index (κ2) is 12.0. The summed E-state index contributed by atoms with van der Waals surface area (Å²) < 4.78 is 59.3. The van der Waals surface area contributed by atoms with Crippen molar-refractivity contribution in [3.05, 3.63) is 83.4 Å². The predicted molar refractivity (Wildman–Crippen MR) is 147 cm³/mol. The summed E-state index contributed by atoms with van der Waals surface area (Å²) in [6.07, 6.45) is 0. The maximum Gasteiger partial charge on any atom is 0.264 e. The van der Waals surface area contributed by atoms with Crippen LogP contribution in [0.4, 0.5) is 5.69 Å². The van der Waals surface area contributed by atoms with E-state index in [9.17, 15) is 21.6 Å². The summed E-state index contributed by atoms with van der Waals surface area (Å²) in [7, 11) is -4.64. The molecule has 0 aliphatic rings. The van der Waals surface area contributed by atoms with Gasteiger partial charge in [0.15, 0.2) is 0 Å². The molecule has 0 saturated heterocycles. The maximum absolute atomic E-state index is 13.6. The molecule has 1 amide bonds. The number of rotatable bonds is 11. The third-order valence-corrected chi connectivity index (χ3v) is 9.64. The minimum atomic E-state index is -4.01. The first kappa shape index (κ1) is 29.2. The topological polar surface area (TPSA) is 113 Å². The van der Waals surface area contributed by atoms with Crippen LogP contribution in [0.15, 0.2) is 76.5 Å². The van der Waals surface area contributed by atoms with Gasteiger partial charge in [-0.25, -0.2) is 21.1 Å². The van der Waals surface area contributed by atoms with Crippen LogP contribution in [0.3, 0.4) is 0 Å². The van der Waals surface area contributed by atoms with Crippen molar-refractivity contribution in [1.82, 2.24) is 9.62 Å². The lowest BCUT2D eigenvalue weighted by atomic mass is 10.1. The normalized spacial score (nSPS) is 11.8. The van der Waals surface area contributed by atoms with E-state index in [0.29, 0.717) is 11.4 Å².